The van der Waals surface area contributed by atoms with E-state index in [9.17, 15) is 5.11 Å². The Bertz CT molecular complexity index is 850. The third-order valence-corrected chi connectivity index (χ3v) is 4.70. The summed E-state index contributed by atoms with van der Waals surface area (Å²) < 4.78 is 1.70. The van der Waals surface area contributed by atoms with Crippen LogP contribution in [-0.4, -0.2) is 25.9 Å². The summed E-state index contributed by atoms with van der Waals surface area (Å²) in [5.41, 5.74) is 4.16. The molecule has 0 saturated carbocycles. The van der Waals surface area contributed by atoms with Crippen LogP contribution in [0.5, 0.6) is 0 Å². The molecule has 0 aliphatic heterocycles. The lowest BCUT2D eigenvalue weighted by atomic mass is 10.1. The summed E-state index contributed by atoms with van der Waals surface area (Å²) in [5, 5.41) is 18.8. The molecule has 6 heteroatoms. The van der Waals surface area contributed by atoms with E-state index >= 15 is 0 Å². The van der Waals surface area contributed by atoms with Crippen molar-refractivity contribution in [3.63, 3.8) is 0 Å². The van der Waals surface area contributed by atoms with E-state index in [0.717, 1.165) is 23.2 Å². The van der Waals surface area contributed by atoms with Gasteiger partial charge in [-0.3, -0.25) is 0 Å². The van der Waals surface area contributed by atoms with Crippen LogP contribution in [0, 0.1) is 0 Å². The van der Waals surface area contributed by atoms with E-state index in [1.807, 2.05) is 36.4 Å². The molecule has 0 spiro atoms. The van der Waals surface area contributed by atoms with Crippen LogP contribution < -0.4 is 5.32 Å². The van der Waals surface area contributed by atoms with Gasteiger partial charge >= 0.3 is 0 Å². The number of fused-ring (bicyclic) bond motifs is 1. The van der Waals surface area contributed by atoms with Crippen molar-refractivity contribution in [2.45, 2.75) is 25.1 Å². The molecule has 0 bridgehead atoms. The minimum Gasteiger partial charge on any atom is -0.387 e. The molecule has 0 saturated heterocycles. The number of hydrogen-bond donors (Lipinski definition) is 2. The van der Waals surface area contributed by atoms with Gasteiger partial charge in [-0.05, 0) is 35.2 Å². The zero-order chi connectivity index (χ0) is 16.5. The van der Waals surface area contributed by atoms with E-state index in [0.29, 0.717) is 11.6 Å². The van der Waals surface area contributed by atoms with Crippen molar-refractivity contribution in [1.82, 2.24) is 20.1 Å². The summed E-state index contributed by atoms with van der Waals surface area (Å²) in [6, 6.07) is 13.7. The van der Waals surface area contributed by atoms with Crippen LogP contribution in [0.4, 0.5) is 0 Å². The second-order valence-corrected chi connectivity index (χ2v) is 6.38. The smallest absolute Gasteiger partial charge is 0.138 e. The number of hydrogen-bond acceptors (Lipinski definition) is 4. The summed E-state index contributed by atoms with van der Waals surface area (Å²) in [5.74, 6) is 0. The monoisotopic (exact) mass is 340 g/mol. The number of rotatable bonds is 4. The average Bonchev–Trinajstić information content (AvgIpc) is 3.23. The number of benzene rings is 2. The number of aliphatic hydroxyl groups is 1. The molecule has 2 unspecified atom stereocenters. The van der Waals surface area contributed by atoms with E-state index in [1.165, 1.54) is 11.9 Å². The molecule has 2 aromatic carbocycles. The molecule has 1 aliphatic rings. The first-order chi connectivity index (χ1) is 11.7. The predicted octanol–water partition coefficient (Wildman–Crippen LogP) is 2.67. The van der Waals surface area contributed by atoms with Crippen molar-refractivity contribution in [2.24, 2.45) is 0 Å². The average molecular weight is 341 g/mol. The minimum atomic E-state index is -0.483. The first kappa shape index (κ1) is 15.3. The van der Waals surface area contributed by atoms with Gasteiger partial charge in [0.2, 0.25) is 0 Å². The van der Waals surface area contributed by atoms with Gasteiger partial charge in [0.15, 0.2) is 0 Å². The van der Waals surface area contributed by atoms with Crippen molar-refractivity contribution >= 4 is 11.6 Å². The Kier molecular flexibility index (Phi) is 4.06. The molecule has 0 radical (unpaired) electrons. The Hall–Kier alpha value is -2.21. The molecule has 1 aromatic heterocycles. The van der Waals surface area contributed by atoms with Crippen molar-refractivity contribution in [1.29, 1.82) is 0 Å². The second kappa shape index (κ2) is 6.36. The molecule has 122 valence electrons. The fraction of sp³-hybridized carbons (Fsp3) is 0.222. The highest BCUT2D eigenvalue weighted by atomic mass is 35.5. The van der Waals surface area contributed by atoms with E-state index in [1.54, 1.807) is 11.0 Å². The maximum absolute atomic E-state index is 10.5. The van der Waals surface area contributed by atoms with E-state index < -0.39 is 6.10 Å². The summed E-state index contributed by atoms with van der Waals surface area (Å²) in [7, 11) is 0. The third kappa shape index (κ3) is 2.82. The van der Waals surface area contributed by atoms with Gasteiger partial charge in [-0.1, -0.05) is 41.9 Å². The minimum absolute atomic E-state index is 0.00155. The molecule has 1 heterocycles. The largest absolute Gasteiger partial charge is 0.387 e. The molecule has 1 aliphatic carbocycles. The van der Waals surface area contributed by atoms with Gasteiger partial charge < -0.3 is 10.4 Å². The Morgan fingerprint density at radius 2 is 2.12 bits per heavy atom. The molecule has 2 N–H and O–H groups in total. The van der Waals surface area contributed by atoms with Crippen molar-refractivity contribution in [3.8, 4) is 5.69 Å². The summed E-state index contributed by atoms with van der Waals surface area (Å²) >= 11 is 6.12. The van der Waals surface area contributed by atoms with Crippen LogP contribution in [0.2, 0.25) is 5.02 Å². The van der Waals surface area contributed by atoms with E-state index in [4.69, 9.17) is 11.6 Å². The lowest BCUT2D eigenvalue weighted by Gasteiger charge is -2.18. The van der Waals surface area contributed by atoms with Crippen LogP contribution in [0.3, 0.4) is 0 Å². The molecule has 0 amide bonds. The first-order valence-electron chi connectivity index (χ1n) is 7.85. The predicted molar refractivity (Wildman–Crippen MR) is 92.1 cm³/mol. The summed E-state index contributed by atoms with van der Waals surface area (Å²) in [6.07, 6.45) is 3.48. The maximum atomic E-state index is 10.5. The highest BCUT2D eigenvalue weighted by molar-refractivity contribution is 6.30. The van der Waals surface area contributed by atoms with E-state index in [2.05, 4.69) is 21.5 Å². The number of halogens is 1. The van der Waals surface area contributed by atoms with Gasteiger partial charge in [0.05, 0.1) is 11.8 Å². The molecular weight excluding hydrogens is 324 g/mol. The topological polar surface area (TPSA) is 63.0 Å². The van der Waals surface area contributed by atoms with Crippen LogP contribution in [0.25, 0.3) is 5.69 Å². The quantitative estimate of drug-likeness (QED) is 0.766. The van der Waals surface area contributed by atoms with Gasteiger partial charge in [-0.25, -0.2) is 9.67 Å². The van der Waals surface area contributed by atoms with Gasteiger partial charge in [0.1, 0.15) is 12.7 Å². The van der Waals surface area contributed by atoms with Crippen molar-refractivity contribution < 1.29 is 5.11 Å². The number of aromatic nitrogens is 3. The van der Waals surface area contributed by atoms with Crippen LogP contribution in [-0.2, 0) is 13.0 Å². The Labute approximate surface area is 144 Å². The first-order valence-corrected chi connectivity index (χ1v) is 8.23. The lowest BCUT2D eigenvalue weighted by molar-refractivity contribution is 0.141. The summed E-state index contributed by atoms with van der Waals surface area (Å²) in [4.78, 5) is 3.99. The fourth-order valence-electron chi connectivity index (χ4n) is 3.23. The molecule has 2 atom stereocenters. The van der Waals surface area contributed by atoms with Crippen LogP contribution in [0.1, 0.15) is 22.8 Å². The van der Waals surface area contributed by atoms with Gasteiger partial charge in [-0.2, -0.15) is 5.10 Å². The number of aliphatic hydroxyl groups excluding tert-OH is 1. The third-order valence-electron chi connectivity index (χ3n) is 4.46. The van der Waals surface area contributed by atoms with Gasteiger partial charge in [-0.15, -0.1) is 0 Å². The fourth-order valence-corrected chi connectivity index (χ4v) is 3.40. The standard InChI is InChI=1S/C18H17ClN4O/c19-14-6-5-13(17(8-14)23-11-20-10-22-23)9-21-16-7-12-3-1-2-4-15(12)18(16)24/h1-6,8,10-11,16,18,21,24H,7,9H2. The van der Waals surface area contributed by atoms with Crippen molar-refractivity contribution in [3.05, 3.63) is 76.8 Å². The second-order valence-electron chi connectivity index (χ2n) is 5.95. The molecule has 24 heavy (non-hydrogen) atoms. The van der Waals surface area contributed by atoms with Crippen LogP contribution in [0.15, 0.2) is 55.1 Å². The Balaban J connectivity index is 1.53. The van der Waals surface area contributed by atoms with Crippen molar-refractivity contribution in [2.75, 3.05) is 0 Å². The highest BCUT2D eigenvalue weighted by Crippen LogP contribution is 2.31. The Morgan fingerprint density at radius 1 is 1.25 bits per heavy atom. The molecule has 5 nitrogen and oxygen atoms in total. The SMILES string of the molecule is OC1c2ccccc2CC1NCc1ccc(Cl)cc1-n1cncn1. The van der Waals surface area contributed by atoms with Crippen LogP contribution >= 0.6 is 11.6 Å². The van der Waals surface area contributed by atoms with Gasteiger partial charge in [0, 0.05) is 17.6 Å². The Morgan fingerprint density at radius 3 is 2.92 bits per heavy atom. The number of nitrogens with zero attached hydrogens (tertiary/aromatic N) is 3. The molecular formula is C18H17ClN4O. The van der Waals surface area contributed by atoms with Gasteiger partial charge in [0.25, 0.3) is 0 Å². The summed E-state index contributed by atoms with van der Waals surface area (Å²) in [6.45, 7) is 0.613. The normalized spacial score (nSPS) is 19.4. The molecule has 3 aromatic rings. The lowest BCUT2D eigenvalue weighted by Crippen LogP contribution is -2.32. The maximum Gasteiger partial charge on any atom is 0.138 e. The molecule has 4 rings (SSSR count). The number of nitrogens with one attached hydrogen (secondary N) is 1. The molecule has 0 fully saturated rings. The van der Waals surface area contributed by atoms with E-state index in [-0.39, 0.29) is 6.04 Å². The highest BCUT2D eigenvalue weighted by Gasteiger charge is 2.30. The zero-order valence-corrected chi connectivity index (χ0v) is 13.7. The zero-order valence-electron chi connectivity index (χ0n) is 12.9.